The predicted octanol–water partition coefficient (Wildman–Crippen LogP) is 4.59. The van der Waals surface area contributed by atoms with Crippen LogP contribution in [-0.4, -0.2) is 17.0 Å². The average Bonchev–Trinajstić information content (AvgIpc) is 2.55. The Morgan fingerprint density at radius 1 is 1.12 bits per heavy atom. The molecule has 2 aromatic rings. The molecule has 0 amide bonds. The van der Waals surface area contributed by atoms with E-state index in [-0.39, 0.29) is 28.9 Å². The highest BCUT2D eigenvalue weighted by atomic mass is 19.1. The normalized spacial score (nSPS) is 10.8. The van der Waals surface area contributed by atoms with E-state index in [9.17, 15) is 23.5 Å². The molecule has 0 heterocycles. The van der Waals surface area contributed by atoms with Gasteiger partial charge in [-0.25, -0.2) is 13.6 Å². The van der Waals surface area contributed by atoms with Crippen molar-refractivity contribution in [1.82, 2.24) is 0 Å². The summed E-state index contributed by atoms with van der Waals surface area (Å²) in [5.74, 6) is -3.60. The molecule has 4 nitrogen and oxygen atoms in total. The lowest BCUT2D eigenvalue weighted by Crippen LogP contribution is -2.10. The molecule has 0 bridgehead atoms. The lowest BCUT2D eigenvalue weighted by Gasteiger charge is -2.10. The highest BCUT2D eigenvalue weighted by molar-refractivity contribution is 5.94. The number of hydrogen-bond acceptors (Lipinski definition) is 3. The van der Waals surface area contributed by atoms with Crippen molar-refractivity contribution in [2.24, 2.45) is 0 Å². The topological polar surface area (TPSA) is 63.6 Å². The molecule has 0 spiro atoms. The number of rotatable bonds is 6. The number of carboxylic acid groups (broad SMARTS) is 1. The number of allylic oxidation sites excluding steroid dienone is 1. The minimum atomic E-state index is -1.32. The first-order valence-corrected chi connectivity index (χ1v) is 7.60. The average molecular weight is 346 g/mol. The molecule has 0 aliphatic heterocycles. The number of benzene rings is 2. The molecular weight excluding hydrogens is 330 g/mol. The SMILES string of the molecule is CC/C=C\CC(=O)Oc1ccc(-c2ccc(F)cc2F)cc1C(=O)O. The number of halogens is 2. The zero-order valence-electron chi connectivity index (χ0n) is 13.5. The van der Waals surface area contributed by atoms with E-state index in [4.69, 9.17) is 4.74 Å². The minimum absolute atomic E-state index is 0.0151. The fourth-order valence-electron chi connectivity index (χ4n) is 2.19. The molecule has 0 unspecified atom stereocenters. The van der Waals surface area contributed by atoms with Crippen molar-refractivity contribution in [1.29, 1.82) is 0 Å². The van der Waals surface area contributed by atoms with Crippen molar-refractivity contribution in [3.05, 3.63) is 65.7 Å². The number of ether oxygens (including phenoxy) is 1. The standard InChI is InChI=1S/C19H16F2O4/c1-2-3-4-5-18(22)25-17-9-6-12(10-15(17)19(23)24)14-8-7-13(20)11-16(14)21/h3-4,6-11H,2,5H2,1H3,(H,23,24)/b4-3-. The number of carboxylic acids is 1. The number of esters is 1. The molecule has 1 N–H and O–H groups in total. The number of aromatic carboxylic acids is 1. The third-order valence-electron chi connectivity index (χ3n) is 3.36. The molecule has 6 heteroatoms. The molecule has 0 aliphatic rings. The van der Waals surface area contributed by atoms with Crippen LogP contribution in [0.25, 0.3) is 11.1 Å². The van der Waals surface area contributed by atoms with Crippen molar-refractivity contribution in [3.8, 4) is 16.9 Å². The Balaban J connectivity index is 2.33. The maximum atomic E-state index is 13.9. The summed E-state index contributed by atoms with van der Waals surface area (Å²) in [6, 6.07) is 6.88. The van der Waals surface area contributed by atoms with E-state index >= 15 is 0 Å². The van der Waals surface area contributed by atoms with Gasteiger partial charge >= 0.3 is 11.9 Å². The van der Waals surface area contributed by atoms with Crippen molar-refractivity contribution in [2.75, 3.05) is 0 Å². The van der Waals surface area contributed by atoms with Crippen LogP contribution in [0.3, 0.4) is 0 Å². The predicted molar refractivity (Wildman–Crippen MR) is 88.4 cm³/mol. The van der Waals surface area contributed by atoms with E-state index in [2.05, 4.69) is 0 Å². The van der Waals surface area contributed by atoms with E-state index in [1.807, 2.05) is 6.92 Å². The van der Waals surface area contributed by atoms with Crippen LogP contribution in [0.5, 0.6) is 5.75 Å². The van der Waals surface area contributed by atoms with E-state index in [0.29, 0.717) is 6.07 Å². The molecule has 0 saturated carbocycles. The number of hydrogen-bond donors (Lipinski definition) is 1. The van der Waals surface area contributed by atoms with Crippen LogP contribution < -0.4 is 4.74 Å². The molecule has 130 valence electrons. The molecule has 0 fully saturated rings. The summed E-state index contributed by atoms with van der Waals surface area (Å²) in [6.07, 6.45) is 4.21. The summed E-state index contributed by atoms with van der Waals surface area (Å²) >= 11 is 0. The Labute approximate surface area is 143 Å². The van der Waals surface area contributed by atoms with Crippen molar-refractivity contribution in [2.45, 2.75) is 19.8 Å². The van der Waals surface area contributed by atoms with Crippen LogP contribution in [0.1, 0.15) is 30.1 Å². The Bertz CT molecular complexity index is 828. The third kappa shape index (κ3) is 4.73. The van der Waals surface area contributed by atoms with Gasteiger partial charge in [-0.15, -0.1) is 0 Å². The van der Waals surface area contributed by atoms with Crippen molar-refractivity contribution < 1.29 is 28.2 Å². The van der Waals surface area contributed by atoms with Gasteiger partial charge in [0.2, 0.25) is 0 Å². The van der Waals surface area contributed by atoms with Gasteiger partial charge in [0, 0.05) is 11.6 Å². The van der Waals surface area contributed by atoms with E-state index < -0.39 is 23.6 Å². The first-order valence-electron chi connectivity index (χ1n) is 7.60. The maximum absolute atomic E-state index is 13.9. The maximum Gasteiger partial charge on any atom is 0.339 e. The van der Waals surface area contributed by atoms with Gasteiger partial charge in [0.15, 0.2) is 0 Å². The second-order valence-electron chi connectivity index (χ2n) is 5.20. The molecule has 2 rings (SSSR count). The van der Waals surface area contributed by atoms with Gasteiger partial charge in [0.1, 0.15) is 22.9 Å². The Hall–Kier alpha value is -3.02. The van der Waals surface area contributed by atoms with Gasteiger partial charge in [0.25, 0.3) is 0 Å². The van der Waals surface area contributed by atoms with Crippen LogP contribution in [0.2, 0.25) is 0 Å². The molecule has 25 heavy (non-hydrogen) atoms. The van der Waals surface area contributed by atoms with E-state index in [1.165, 1.54) is 24.3 Å². The molecule has 2 aromatic carbocycles. The monoisotopic (exact) mass is 346 g/mol. The van der Waals surface area contributed by atoms with Gasteiger partial charge in [-0.3, -0.25) is 4.79 Å². The van der Waals surface area contributed by atoms with Crippen molar-refractivity contribution in [3.63, 3.8) is 0 Å². The van der Waals surface area contributed by atoms with Gasteiger partial charge in [-0.05, 0) is 36.2 Å². The lowest BCUT2D eigenvalue weighted by atomic mass is 10.0. The van der Waals surface area contributed by atoms with Crippen LogP contribution in [0.15, 0.2) is 48.6 Å². The van der Waals surface area contributed by atoms with Crippen LogP contribution in [0, 0.1) is 11.6 Å². The molecule has 0 radical (unpaired) electrons. The Morgan fingerprint density at radius 3 is 2.52 bits per heavy atom. The van der Waals surface area contributed by atoms with Crippen molar-refractivity contribution >= 4 is 11.9 Å². The summed E-state index contributed by atoms with van der Waals surface area (Å²) in [5, 5.41) is 9.32. The largest absolute Gasteiger partial charge is 0.478 e. The van der Waals surface area contributed by atoms with Crippen LogP contribution >= 0.6 is 0 Å². The zero-order chi connectivity index (χ0) is 18.4. The summed E-state index contributed by atoms with van der Waals surface area (Å²) < 4.78 is 31.9. The first-order chi connectivity index (χ1) is 11.9. The zero-order valence-corrected chi connectivity index (χ0v) is 13.5. The highest BCUT2D eigenvalue weighted by Crippen LogP contribution is 2.29. The number of carbonyl (C=O) groups is 2. The first kappa shape index (κ1) is 18.3. The fourth-order valence-corrected chi connectivity index (χ4v) is 2.19. The van der Waals surface area contributed by atoms with Gasteiger partial charge in [0.05, 0.1) is 6.42 Å². The van der Waals surface area contributed by atoms with E-state index in [1.54, 1.807) is 12.2 Å². The minimum Gasteiger partial charge on any atom is -0.478 e. The summed E-state index contributed by atoms with van der Waals surface area (Å²) in [5.41, 5.74) is 0.00211. The molecule has 0 saturated heterocycles. The molecule has 0 atom stereocenters. The van der Waals surface area contributed by atoms with Gasteiger partial charge in [-0.2, -0.15) is 0 Å². The highest BCUT2D eigenvalue weighted by Gasteiger charge is 2.17. The lowest BCUT2D eigenvalue weighted by molar-refractivity contribution is -0.133. The van der Waals surface area contributed by atoms with Crippen LogP contribution in [0.4, 0.5) is 8.78 Å². The number of carbonyl (C=O) groups excluding carboxylic acids is 1. The summed E-state index contributed by atoms with van der Waals surface area (Å²) in [6.45, 7) is 1.91. The second kappa shape index (κ2) is 8.19. The van der Waals surface area contributed by atoms with Crippen LogP contribution in [-0.2, 0) is 4.79 Å². The van der Waals surface area contributed by atoms with Gasteiger partial charge in [-0.1, -0.05) is 25.1 Å². The smallest absolute Gasteiger partial charge is 0.339 e. The third-order valence-corrected chi connectivity index (χ3v) is 3.36. The fraction of sp³-hybridized carbons (Fsp3) is 0.158. The Morgan fingerprint density at radius 2 is 1.88 bits per heavy atom. The molecular formula is C19H16F2O4. The Kier molecular flexibility index (Phi) is 6.00. The molecule has 0 aromatic heterocycles. The summed E-state index contributed by atoms with van der Waals surface area (Å²) in [4.78, 5) is 23.2. The molecule has 0 aliphatic carbocycles. The second-order valence-corrected chi connectivity index (χ2v) is 5.20. The van der Waals surface area contributed by atoms with Gasteiger partial charge < -0.3 is 9.84 Å². The summed E-state index contributed by atoms with van der Waals surface area (Å²) in [7, 11) is 0. The van der Waals surface area contributed by atoms with E-state index in [0.717, 1.165) is 12.5 Å². The quantitative estimate of drug-likeness (QED) is 0.472.